The van der Waals surface area contributed by atoms with Crippen LogP contribution in [0.15, 0.2) is 54.7 Å². The quantitative estimate of drug-likeness (QED) is 0.429. The molecule has 0 radical (unpaired) electrons. The number of carbonyl (C=O) groups excluding carboxylic acids is 1. The third-order valence-electron chi connectivity index (χ3n) is 4.38. The van der Waals surface area contributed by atoms with Crippen LogP contribution < -0.4 is 10.1 Å². The number of hydrogen-bond donors (Lipinski definition) is 1. The number of amides is 1. The van der Waals surface area contributed by atoms with E-state index in [-0.39, 0.29) is 17.2 Å². The first-order valence-corrected chi connectivity index (χ1v) is 9.00. The molecule has 0 aliphatic carbocycles. The van der Waals surface area contributed by atoms with Crippen molar-refractivity contribution in [2.24, 2.45) is 0 Å². The van der Waals surface area contributed by atoms with Crippen LogP contribution in [0.3, 0.4) is 0 Å². The molecule has 1 amide bonds. The van der Waals surface area contributed by atoms with Crippen molar-refractivity contribution in [2.75, 3.05) is 5.32 Å². The van der Waals surface area contributed by atoms with Crippen molar-refractivity contribution in [3.8, 4) is 11.5 Å². The minimum Gasteiger partial charge on any atom is -0.457 e. The maximum atomic E-state index is 12.9. The Morgan fingerprint density at radius 3 is 2.55 bits per heavy atom. The predicted molar refractivity (Wildman–Crippen MR) is 105 cm³/mol. The maximum absolute atomic E-state index is 12.9. The fourth-order valence-corrected chi connectivity index (χ4v) is 2.84. The van der Waals surface area contributed by atoms with Crippen LogP contribution in [-0.4, -0.2) is 20.6 Å². The van der Waals surface area contributed by atoms with Gasteiger partial charge in [0.15, 0.2) is 0 Å². The molecule has 0 aliphatic rings. The number of carbonyl (C=O) groups is 1. The van der Waals surface area contributed by atoms with Crippen LogP contribution in [0.4, 0.5) is 24.5 Å². The summed E-state index contributed by atoms with van der Waals surface area (Å²) in [5.41, 5.74) is -0.525. The summed E-state index contributed by atoms with van der Waals surface area (Å²) in [5, 5.41) is 17.9. The molecule has 0 aliphatic heterocycles. The smallest absolute Gasteiger partial charge is 0.416 e. The number of alkyl halides is 3. The zero-order valence-corrected chi connectivity index (χ0v) is 16.4. The highest BCUT2D eigenvalue weighted by Gasteiger charge is 2.30. The van der Waals surface area contributed by atoms with E-state index in [1.165, 1.54) is 23.0 Å². The van der Waals surface area contributed by atoms with Gasteiger partial charge in [0.2, 0.25) is 5.91 Å². The number of halogens is 3. The Hall–Kier alpha value is -3.89. The van der Waals surface area contributed by atoms with Gasteiger partial charge >= 0.3 is 6.18 Å². The average Bonchev–Trinajstić information content (AvgIpc) is 3.12. The van der Waals surface area contributed by atoms with Gasteiger partial charge in [-0.05, 0) is 38.1 Å². The average molecular weight is 434 g/mol. The number of benzene rings is 2. The molecule has 1 N–H and O–H groups in total. The van der Waals surface area contributed by atoms with Crippen LogP contribution >= 0.6 is 0 Å². The van der Waals surface area contributed by atoms with Gasteiger partial charge in [-0.3, -0.25) is 19.6 Å². The number of hydrogen-bond acceptors (Lipinski definition) is 5. The second-order valence-corrected chi connectivity index (χ2v) is 6.68. The summed E-state index contributed by atoms with van der Waals surface area (Å²) in [6.07, 6.45) is -3.03. The Balaban J connectivity index is 1.87. The van der Waals surface area contributed by atoms with Gasteiger partial charge in [-0.2, -0.15) is 18.3 Å². The van der Waals surface area contributed by atoms with Crippen LogP contribution in [0.5, 0.6) is 11.5 Å². The second kappa shape index (κ2) is 8.46. The lowest BCUT2D eigenvalue weighted by Gasteiger charge is -2.15. The number of nitrogens with zero attached hydrogens (tertiary/aromatic N) is 3. The van der Waals surface area contributed by atoms with Gasteiger partial charge < -0.3 is 10.1 Å². The highest BCUT2D eigenvalue weighted by molar-refractivity contribution is 5.94. The van der Waals surface area contributed by atoms with Crippen LogP contribution in [0, 0.1) is 17.0 Å². The predicted octanol–water partition coefficient (Wildman–Crippen LogP) is 5.11. The molecule has 3 aromatic rings. The van der Waals surface area contributed by atoms with Gasteiger partial charge in [0.25, 0.3) is 5.69 Å². The van der Waals surface area contributed by atoms with Crippen molar-refractivity contribution in [1.82, 2.24) is 9.78 Å². The van der Waals surface area contributed by atoms with Crippen LogP contribution in [0.1, 0.15) is 24.2 Å². The minimum atomic E-state index is -4.57. The SMILES string of the molecule is Cc1ccnn1C(C)C(=O)Nc1cc(Oc2cccc(C(F)(F)F)c2)cc([N+](=O)[O-])c1. The number of anilines is 1. The number of rotatable bonds is 6. The molecular formula is C20H17F3N4O4. The fourth-order valence-electron chi connectivity index (χ4n) is 2.84. The first kappa shape index (κ1) is 21.8. The molecule has 1 unspecified atom stereocenters. The summed E-state index contributed by atoms with van der Waals surface area (Å²) in [7, 11) is 0. The molecule has 162 valence electrons. The normalized spacial score (nSPS) is 12.3. The molecule has 0 saturated carbocycles. The lowest BCUT2D eigenvalue weighted by Crippen LogP contribution is -2.25. The van der Waals surface area contributed by atoms with Gasteiger partial charge in [-0.1, -0.05) is 6.07 Å². The summed E-state index contributed by atoms with van der Waals surface area (Å²) in [6, 6.07) is 8.58. The summed E-state index contributed by atoms with van der Waals surface area (Å²) in [5.74, 6) is -0.753. The molecular weight excluding hydrogens is 417 g/mol. The second-order valence-electron chi connectivity index (χ2n) is 6.68. The number of aryl methyl sites for hydroxylation is 1. The Kier molecular flexibility index (Phi) is 5.95. The van der Waals surface area contributed by atoms with Crippen molar-refractivity contribution in [3.63, 3.8) is 0 Å². The van der Waals surface area contributed by atoms with Crippen molar-refractivity contribution >= 4 is 17.3 Å². The number of nitro benzene ring substituents is 1. The third kappa shape index (κ3) is 5.18. The van der Waals surface area contributed by atoms with Gasteiger partial charge in [0.1, 0.15) is 17.5 Å². The van der Waals surface area contributed by atoms with E-state index >= 15 is 0 Å². The molecule has 2 aromatic carbocycles. The fraction of sp³-hybridized carbons (Fsp3) is 0.200. The molecule has 0 spiro atoms. The van der Waals surface area contributed by atoms with E-state index in [1.807, 2.05) is 0 Å². The van der Waals surface area contributed by atoms with Crippen molar-refractivity contribution < 1.29 is 27.6 Å². The molecule has 11 heteroatoms. The standard InChI is InChI=1S/C20H17F3N4O4/c1-12-6-7-24-26(12)13(2)19(28)25-15-9-16(27(29)30)11-18(10-15)31-17-5-3-4-14(8-17)20(21,22)23/h3-11,13H,1-2H3,(H,25,28). The molecule has 1 aromatic heterocycles. The highest BCUT2D eigenvalue weighted by Crippen LogP contribution is 2.34. The Morgan fingerprint density at radius 1 is 1.19 bits per heavy atom. The minimum absolute atomic E-state index is 0.0536. The molecule has 31 heavy (non-hydrogen) atoms. The number of nitrogens with one attached hydrogen (secondary N) is 1. The Morgan fingerprint density at radius 2 is 1.94 bits per heavy atom. The van der Waals surface area contributed by atoms with Crippen molar-refractivity contribution in [2.45, 2.75) is 26.1 Å². The van der Waals surface area contributed by atoms with E-state index < -0.39 is 34.3 Å². The maximum Gasteiger partial charge on any atom is 0.416 e. The number of nitro groups is 1. The molecule has 0 saturated heterocycles. The molecule has 1 atom stereocenters. The molecule has 3 rings (SSSR count). The van der Waals surface area contributed by atoms with E-state index in [4.69, 9.17) is 4.74 Å². The van der Waals surface area contributed by atoms with Gasteiger partial charge in [0.05, 0.1) is 22.2 Å². The van der Waals surface area contributed by atoms with Crippen LogP contribution in [0.2, 0.25) is 0 Å². The lowest BCUT2D eigenvalue weighted by molar-refractivity contribution is -0.384. The first-order valence-electron chi connectivity index (χ1n) is 9.00. The largest absolute Gasteiger partial charge is 0.457 e. The Bertz CT molecular complexity index is 1130. The van der Waals surface area contributed by atoms with Crippen molar-refractivity contribution in [1.29, 1.82) is 0 Å². The summed E-state index contributed by atoms with van der Waals surface area (Å²) >= 11 is 0. The topological polar surface area (TPSA) is 99.3 Å². The van der Waals surface area contributed by atoms with Crippen LogP contribution in [0.25, 0.3) is 0 Å². The summed E-state index contributed by atoms with van der Waals surface area (Å²) in [6.45, 7) is 3.37. The summed E-state index contributed by atoms with van der Waals surface area (Å²) < 4.78 is 45.6. The number of aromatic nitrogens is 2. The van der Waals surface area contributed by atoms with Gasteiger partial charge in [0, 0.05) is 24.0 Å². The van der Waals surface area contributed by atoms with E-state index in [9.17, 15) is 28.1 Å². The van der Waals surface area contributed by atoms with E-state index in [2.05, 4.69) is 10.4 Å². The number of non-ortho nitro benzene ring substituents is 1. The zero-order chi connectivity index (χ0) is 22.8. The van der Waals surface area contributed by atoms with Gasteiger partial charge in [-0.15, -0.1) is 0 Å². The van der Waals surface area contributed by atoms with E-state index in [0.717, 1.165) is 36.0 Å². The lowest BCUT2D eigenvalue weighted by atomic mass is 10.2. The van der Waals surface area contributed by atoms with E-state index in [1.54, 1.807) is 19.9 Å². The highest BCUT2D eigenvalue weighted by atomic mass is 19.4. The Labute approximate surface area is 174 Å². The molecule has 8 nitrogen and oxygen atoms in total. The first-order chi connectivity index (χ1) is 14.5. The molecule has 0 bridgehead atoms. The zero-order valence-electron chi connectivity index (χ0n) is 16.4. The molecule has 0 fully saturated rings. The monoisotopic (exact) mass is 434 g/mol. The number of ether oxygens (including phenoxy) is 1. The van der Waals surface area contributed by atoms with Gasteiger partial charge in [-0.25, -0.2) is 0 Å². The molecule has 1 heterocycles. The van der Waals surface area contributed by atoms with Crippen LogP contribution in [-0.2, 0) is 11.0 Å². The summed E-state index contributed by atoms with van der Waals surface area (Å²) in [4.78, 5) is 23.1. The third-order valence-corrected chi connectivity index (χ3v) is 4.38. The van der Waals surface area contributed by atoms with E-state index in [0.29, 0.717) is 0 Å². The van der Waals surface area contributed by atoms with Crippen molar-refractivity contribution in [3.05, 3.63) is 76.1 Å².